The maximum atomic E-state index is 13.3. The van der Waals surface area contributed by atoms with Crippen LogP contribution in [-0.2, 0) is 9.59 Å². The number of phenols is 1. The number of Topliss-reactive ketones (excluding diaryl/α,β-unsaturated/α-hetero) is 1. The number of hydrogen-bond donors (Lipinski definition) is 2. The van der Waals surface area contributed by atoms with Gasteiger partial charge in [-0.1, -0.05) is 32.8 Å². The van der Waals surface area contributed by atoms with Gasteiger partial charge in [0.05, 0.1) is 25.8 Å². The first-order chi connectivity index (χ1) is 18.4. The van der Waals surface area contributed by atoms with Gasteiger partial charge >= 0.3 is 0 Å². The minimum absolute atomic E-state index is 0.0155. The van der Waals surface area contributed by atoms with Crippen LogP contribution < -0.4 is 9.47 Å². The number of phenolic OH excluding ortho intramolecular Hbond substituents is 1. The van der Waals surface area contributed by atoms with Gasteiger partial charge in [0.25, 0.3) is 11.7 Å². The molecule has 1 amide bonds. The summed E-state index contributed by atoms with van der Waals surface area (Å²) < 4.78 is 10.5. The molecule has 3 rings (SSSR count). The van der Waals surface area contributed by atoms with Crippen molar-refractivity contribution in [3.8, 4) is 17.2 Å². The Morgan fingerprint density at radius 2 is 1.55 bits per heavy atom. The molecule has 1 atom stereocenters. The van der Waals surface area contributed by atoms with Gasteiger partial charge in [-0.25, -0.2) is 0 Å². The van der Waals surface area contributed by atoms with Crippen molar-refractivity contribution in [2.24, 2.45) is 0 Å². The van der Waals surface area contributed by atoms with Gasteiger partial charge < -0.3 is 29.5 Å². The van der Waals surface area contributed by atoms with Crippen LogP contribution in [0.4, 0.5) is 0 Å². The lowest BCUT2D eigenvalue weighted by molar-refractivity contribution is -0.140. The van der Waals surface area contributed by atoms with Crippen LogP contribution in [0.25, 0.3) is 5.76 Å². The van der Waals surface area contributed by atoms with Crippen LogP contribution in [0, 0.1) is 0 Å². The lowest BCUT2D eigenvalue weighted by atomic mass is 9.95. The molecule has 1 saturated heterocycles. The third kappa shape index (κ3) is 6.67. The molecule has 1 aliphatic rings. The highest BCUT2D eigenvalue weighted by atomic mass is 16.5. The molecule has 0 unspecified atom stereocenters. The number of methoxy groups -OCH3 is 2. The zero-order valence-corrected chi connectivity index (χ0v) is 22.9. The Balaban J connectivity index is 1.97. The maximum absolute atomic E-state index is 13.3. The SMILES string of the molecule is CCCCN(CCCC)CCCN1C(=O)C(=O)C(=C(O)c2ccc(OC)cc2)[C@H]1c1ccc(O)c(OC)c1. The Hall–Kier alpha value is -3.52. The number of ketones is 1. The summed E-state index contributed by atoms with van der Waals surface area (Å²) in [6, 6.07) is 10.6. The van der Waals surface area contributed by atoms with Crippen molar-refractivity contribution in [3.05, 3.63) is 59.2 Å². The van der Waals surface area contributed by atoms with Crippen LogP contribution in [0.5, 0.6) is 17.2 Å². The van der Waals surface area contributed by atoms with Gasteiger partial charge in [-0.2, -0.15) is 0 Å². The molecule has 2 aromatic carbocycles. The minimum Gasteiger partial charge on any atom is -0.507 e. The maximum Gasteiger partial charge on any atom is 0.295 e. The lowest BCUT2D eigenvalue weighted by Crippen LogP contribution is -2.34. The van der Waals surface area contributed by atoms with E-state index < -0.39 is 17.7 Å². The second kappa shape index (κ2) is 13.9. The number of benzene rings is 2. The number of carbonyl (C=O) groups is 2. The van der Waals surface area contributed by atoms with Crippen molar-refractivity contribution in [1.82, 2.24) is 9.80 Å². The summed E-state index contributed by atoms with van der Waals surface area (Å²) in [6.45, 7) is 7.52. The van der Waals surface area contributed by atoms with E-state index in [9.17, 15) is 19.8 Å². The largest absolute Gasteiger partial charge is 0.507 e. The van der Waals surface area contributed by atoms with E-state index in [0.29, 0.717) is 29.8 Å². The zero-order valence-electron chi connectivity index (χ0n) is 22.9. The highest BCUT2D eigenvalue weighted by molar-refractivity contribution is 6.46. The topological polar surface area (TPSA) is 99.5 Å². The summed E-state index contributed by atoms with van der Waals surface area (Å²) in [5.74, 6) is -0.848. The number of ether oxygens (including phenoxy) is 2. The quantitative estimate of drug-likeness (QED) is 0.201. The summed E-state index contributed by atoms with van der Waals surface area (Å²) in [7, 11) is 2.98. The normalized spacial score (nSPS) is 16.9. The molecular weight excluding hydrogens is 484 g/mol. The number of aliphatic hydroxyl groups is 1. The fourth-order valence-corrected chi connectivity index (χ4v) is 4.79. The van der Waals surface area contributed by atoms with Crippen molar-refractivity contribution in [2.75, 3.05) is 40.4 Å². The number of carbonyl (C=O) groups excluding carboxylic acids is 2. The Morgan fingerprint density at radius 3 is 2.13 bits per heavy atom. The molecule has 8 nitrogen and oxygen atoms in total. The average Bonchev–Trinajstić information content (AvgIpc) is 3.19. The van der Waals surface area contributed by atoms with E-state index in [1.165, 1.54) is 18.1 Å². The molecule has 1 heterocycles. The van der Waals surface area contributed by atoms with Crippen molar-refractivity contribution in [3.63, 3.8) is 0 Å². The number of likely N-dealkylation sites (tertiary alicyclic amines) is 1. The number of hydrogen-bond acceptors (Lipinski definition) is 7. The number of amides is 1. The summed E-state index contributed by atoms with van der Waals surface area (Å²) >= 11 is 0. The Kier molecular flexibility index (Phi) is 10.6. The molecule has 2 N–H and O–H groups in total. The molecular formula is C30H40N2O6. The molecule has 8 heteroatoms. The summed E-state index contributed by atoms with van der Waals surface area (Å²) in [6.07, 6.45) is 5.15. The smallest absolute Gasteiger partial charge is 0.295 e. The molecule has 206 valence electrons. The molecule has 0 bridgehead atoms. The van der Waals surface area contributed by atoms with Crippen molar-refractivity contribution >= 4 is 17.4 Å². The second-order valence-electron chi connectivity index (χ2n) is 9.55. The predicted molar refractivity (Wildman–Crippen MR) is 148 cm³/mol. The Labute approximate surface area is 225 Å². The van der Waals surface area contributed by atoms with Crippen LogP contribution in [0.15, 0.2) is 48.0 Å². The van der Waals surface area contributed by atoms with E-state index in [0.717, 1.165) is 45.3 Å². The van der Waals surface area contributed by atoms with E-state index in [4.69, 9.17) is 9.47 Å². The van der Waals surface area contributed by atoms with Crippen LogP contribution in [0.3, 0.4) is 0 Å². The number of aromatic hydroxyl groups is 1. The molecule has 0 aromatic heterocycles. The number of nitrogens with zero attached hydrogens (tertiary/aromatic N) is 2. The summed E-state index contributed by atoms with van der Waals surface area (Å²) in [5, 5.41) is 21.4. The van der Waals surface area contributed by atoms with Gasteiger partial charge in [-0.05, 0) is 80.9 Å². The molecule has 2 aromatic rings. The van der Waals surface area contributed by atoms with Gasteiger partial charge in [-0.3, -0.25) is 9.59 Å². The molecule has 0 radical (unpaired) electrons. The Morgan fingerprint density at radius 1 is 0.921 bits per heavy atom. The van der Waals surface area contributed by atoms with Crippen LogP contribution in [0.2, 0.25) is 0 Å². The molecule has 0 spiro atoms. The van der Waals surface area contributed by atoms with E-state index in [1.807, 2.05) is 0 Å². The van der Waals surface area contributed by atoms with Crippen LogP contribution in [0.1, 0.15) is 63.1 Å². The first kappa shape index (κ1) is 29.0. The number of unbranched alkanes of at least 4 members (excludes halogenated alkanes) is 2. The third-order valence-electron chi connectivity index (χ3n) is 6.95. The monoisotopic (exact) mass is 524 g/mol. The van der Waals surface area contributed by atoms with E-state index in [1.54, 1.807) is 43.5 Å². The first-order valence-electron chi connectivity index (χ1n) is 13.4. The van der Waals surface area contributed by atoms with Gasteiger partial charge in [-0.15, -0.1) is 0 Å². The zero-order chi connectivity index (χ0) is 27.7. The number of aliphatic hydroxyl groups excluding tert-OH is 1. The standard InChI is InChI=1S/C30H40N2O6/c1-5-7-16-31(17-8-6-2)18-9-19-32-27(22-12-15-24(33)25(20-22)38-4)26(29(35)30(32)36)28(34)21-10-13-23(37-3)14-11-21/h10-15,20,27,33-34H,5-9,16-19H2,1-4H3/t27-/m1/s1. The second-order valence-corrected chi connectivity index (χ2v) is 9.55. The first-order valence-corrected chi connectivity index (χ1v) is 13.4. The van der Waals surface area contributed by atoms with Crippen molar-refractivity contribution in [1.29, 1.82) is 0 Å². The van der Waals surface area contributed by atoms with Crippen molar-refractivity contribution in [2.45, 2.75) is 52.0 Å². The van der Waals surface area contributed by atoms with E-state index in [-0.39, 0.29) is 22.8 Å². The predicted octanol–water partition coefficient (Wildman–Crippen LogP) is 5.12. The van der Waals surface area contributed by atoms with Gasteiger partial charge in [0.1, 0.15) is 11.5 Å². The van der Waals surface area contributed by atoms with Gasteiger partial charge in [0.2, 0.25) is 0 Å². The third-order valence-corrected chi connectivity index (χ3v) is 6.95. The van der Waals surface area contributed by atoms with Crippen LogP contribution >= 0.6 is 0 Å². The van der Waals surface area contributed by atoms with Gasteiger partial charge in [0, 0.05) is 12.1 Å². The van der Waals surface area contributed by atoms with Crippen LogP contribution in [-0.4, -0.2) is 72.1 Å². The minimum atomic E-state index is -0.814. The lowest BCUT2D eigenvalue weighted by Gasteiger charge is -2.28. The fraction of sp³-hybridized carbons (Fsp3) is 0.467. The summed E-state index contributed by atoms with van der Waals surface area (Å²) in [5.41, 5.74) is 0.995. The molecule has 0 saturated carbocycles. The van der Waals surface area contributed by atoms with E-state index >= 15 is 0 Å². The molecule has 1 aliphatic heterocycles. The highest BCUT2D eigenvalue weighted by Gasteiger charge is 2.46. The molecule has 1 fully saturated rings. The summed E-state index contributed by atoms with van der Waals surface area (Å²) in [4.78, 5) is 30.6. The van der Waals surface area contributed by atoms with Crippen molar-refractivity contribution < 1.29 is 29.3 Å². The van der Waals surface area contributed by atoms with Gasteiger partial charge in [0.15, 0.2) is 11.5 Å². The Bertz CT molecular complexity index is 1120. The highest BCUT2D eigenvalue weighted by Crippen LogP contribution is 2.42. The van der Waals surface area contributed by atoms with E-state index in [2.05, 4.69) is 18.7 Å². The number of rotatable bonds is 14. The molecule has 0 aliphatic carbocycles. The fourth-order valence-electron chi connectivity index (χ4n) is 4.79. The molecule has 38 heavy (non-hydrogen) atoms. The average molecular weight is 525 g/mol.